The molecule has 2 aromatic rings. The SMILES string of the molecule is NC[C@@H]1CN(C(=O)CCC(=O)c2ccc(F)cc2)C[C@H]1c1ccccc1. The summed E-state index contributed by atoms with van der Waals surface area (Å²) in [6.45, 7) is 1.78. The van der Waals surface area contributed by atoms with E-state index in [0.717, 1.165) is 0 Å². The molecule has 0 aliphatic carbocycles. The van der Waals surface area contributed by atoms with Gasteiger partial charge in [-0.2, -0.15) is 0 Å². The Hall–Kier alpha value is -2.53. The summed E-state index contributed by atoms with van der Waals surface area (Å²) in [6.07, 6.45) is 0.291. The maximum atomic E-state index is 12.9. The molecular weight excluding hydrogens is 331 g/mol. The maximum absolute atomic E-state index is 12.9. The Labute approximate surface area is 152 Å². The van der Waals surface area contributed by atoms with Crippen LogP contribution in [0.1, 0.15) is 34.7 Å². The lowest BCUT2D eigenvalue weighted by Crippen LogP contribution is -2.30. The van der Waals surface area contributed by atoms with Crippen molar-refractivity contribution in [2.45, 2.75) is 18.8 Å². The minimum absolute atomic E-state index is 0.0302. The van der Waals surface area contributed by atoms with Gasteiger partial charge in [-0.25, -0.2) is 4.39 Å². The van der Waals surface area contributed by atoms with Crippen LogP contribution in [-0.2, 0) is 4.79 Å². The number of likely N-dealkylation sites (tertiary alicyclic amines) is 1. The van der Waals surface area contributed by atoms with Crippen molar-refractivity contribution < 1.29 is 14.0 Å². The van der Waals surface area contributed by atoms with Crippen molar-refractivity contribution in [2.24, 2.45) is 11.7 Å². The van der Waals surface area contributed by atoms with E-state index in [4.69, 9.17) is 5.73 Å². The molecule has 0 bridgehead atoms. The highest BCUT2D eigenvalue weighted by atomic mass is 19.1. The Morgan fingerprint density at radius 3 is 2.35 bits per heavy atom. The van der Waals surface area contributed by atoms with E-state index in [2.05, 4.69) is 12.1 Å². The molecular formula is C21H23FN2O2. The first-order valence-electron chi connectivity index (χ1n) is 8.90. The molecule has 5 heteroatoms. The van der Waals surface area contributed by atoms with Crippen molar-refractivity contribution in [3.63, 3.8) is 0 Å². The third kappa shape index (κ3) is 4.17. The van der Waals surface area contributed by atoms with Crippen molar-refractivity contribution >= 4 is 11.7 Å². The standard InChI is InChI=1S/C21H23FN2O2/c22-18-8-6-16(7-9-18)20(25)10-11-21(26)24-13-17(12-23)19(14-24)15-4-2-1-3-5-15/h1-9,17,19H,10-14,23H2/t17-,19+/m1/s1. The summed E-state index contributed by atoms with van der Waals surface area (Å²) >= 11 is 0. The Balaban J connectivity index is 1.58. The molecule has 1 aliphatic heterocycles. The normalized spacial score (nSPS) is 19.5. The zero-order valence-electron chi connectivity index (χ0n) is 14.6. The van der Waals surface area contributed by atoms with Crippen LogP contribution in [0, 0.1) is 11.7 Å². The fourth-order valence-corrected chi connectivity index (χ4v) is 3.55. The third-order valence-corrected chi connectivity index (χ3v) is 5.06. The second-order valence-electron chi connectivity index (χ2n) is 6.74. The molecule has 0 saturated carbocycles. The van der Waals surface area contributed by atoms with Crippen molar-refractivity contribution in [3.05, 3.63) is 71.5 Å². The van der Waals surface area contributed by atoms with Crippen LogP contribution in [0.25, 0.3) is 0 Å². The van der Waals surface area contributed by atoms with E-state index in [0.29, 0.717) is 25.2 Å². The Bertz CT molecular complexity index is 761. The van der Waals surface area contributed by atoms with Crippen LogP contribution in [0.2, 0.25) is 0 Å². The Morgan fingerprint density at radius 2 is 1.69 bits per heavy atom. The molecule has 1 aliphatic rings. The van der Waals surface area contributed by atoms with E-state index in [9.17, 15) is 14.0 Å². The van der Waals surface area contributed by atoms with E-state index >= 15 is 0 Å². The molecule has 1 fully saturated rings. The average molecular weight is 354 g/mol. The highest BCUT2D eigenvalue weighted by Gasteiger charge is 2.35. The molecule has 2 N–H and O–H groups in total. The number of nitrogens with zero attached hydrogens (tertiary/aromatic N) is 1. The van der Waals surface area contributed by atoms with Crippen LogP contribution in [0.3, 0.4) is 0 Å². The second-order valence-corrected chi connectivity index (χ2v) is 6.74. The molecule has 3 rings (SSSR count). The highest BCUT2D eigenvalue weighted by molar-refractivity contribution is 5.97. The molecule has 0 aromatic heterocycles. The van der Waals surface area contributed by atoms with Crippen LogP contribution in [0.4, 0.5) is 4.39 Å². The summed E-state index contributed by atoms with van der Waals surface area (Å²) in [5.74, 6) is -0.0913. The Kier molecular flexibility index (Phi) is 5.78. The number of nitrogens with two attached hydrogens (primary N) is 1. The number of benzene rings is 2. The average Bonchev–Trinajstić information content (AvgIpc) is 3.11. The molecule has 0 spiro atoms. The molecule has 1 saturated heterocycles. The number of Topliss-reactive ketones (excluding diaryl/α,β-unsaturated/α-hetero) is 1. The van der Waals surface area contributed by atoms with E-state index in [1.165, 1.54) is 29.8 Å². The van der Waals surface area contributed by atoms with Crippen molar-refractivity contribution in [1.29, 1.82) is 0 Å². The fourth-order valence-electron chi connectivity index (χ4n) is 3.55. The van der Waals surface area contributed by atoms with Crippen LogP contribution in [0.5, 0.6) is 0 Å². The second kappa shape index (κ2) is 8.23. The molecule has 1 heterocycles. The minimum atomic E-state index is -0.380. The van der Waals surface area contributed by atoms with E-state index in [1.54, 1.807) is 0 Å². The lowest BCUT2D eigenvalue weighted by Gasteiger charge is -2.16. The number of carbonyl (C=O) groups excluding carboxylic acids is 2. The van der Waals surface area contributed by atoms with Crippen LogP contribution in [-0.4, -0.2) is 36.2 Å². The number of hydrogen-bond acceptors (Lipinski definition) is 3. The monoisotopic (exact) mass is 354 g/mol. The van der Waals surface area contributed by atoms with Gasteiger partial charge < -0.3 is 10.6 Å². The van der Waals surface area contributed by atoms with Gasteiger partial charge in [0.2, 0.25) is 5.91 Å². The first-order chi connectivity index (χ1) is 12.6. The maximum Gasteiger partial charge on any atom is 0.223 e. The minimum Gasteiger partial charge on any atom is -0.342 e. The number of carbonyl (C=O) groups is 2. The van der Waals surface area contributed by atoms with Crippen LogP contribution in [0.15, 0.2) is 54.6 Å². The van der Waals surface area contributed by atoms with Crippen molar-refractivity contribution in [2.75, 3.05) is 19.6 Å². The molecule has 2 atom stereocenters. The quantitative estimate of drug-likeness (QED) is 0.811. The summed E-state index contributed by atoms with van der Waals surface area (Å²) in [7, 11) is 0. The number of ketones is 1. The molecule has 136 valence electrons. The molecule has 1 amide bonds. The highest BCUT2D eigenvalue weighted by Crippen LogP contribution is 2.32. The number of halogens is 1. The molecule has 4 nitrogen and oxygen atoms in total. The molecule has 26 heavy (non-hydrogen) atoms. The first kappa shape index (κ1) is 18.3. The van der Waals surface area contributed by atoms with E-state index < -0.39 is 0 Å². The largest absolute Gasteiger partial charge is 0.342 e. The molecule has 2 aromatic carbocycles. The molecule has 0 radical (unpaired) electrons. The van der Waals surface area contributed by atoms with Gasteiger partial charge in [-0.1, -0.05) is 30.3 Å². The van der Waals surface area contributed by atoms with Crippen molar-refractivity contribution in [1.82, 2.24) is 4.90 Å². The number of amides is 1. The van der Waals surface area contributed by atoms with Gasteiger partial charge in [0.15, 0.2) is 5.78 Å². The molecule has 0 unspecified atom stereocenters. The lowest BCUT2D eigenvalue weighted by atomic mass is 9.89. The third-order valence-electron chi connectivity index (χ3n) is 5.06. The number of rotatable bonds is 6. The summed E-state index contributed by atoms with van der Waals surface area (Å²) in [4.78, 5) is 26.5. The summed E-state index contributed by atoms with van der Waals surface area (Å²) in [5.41, 5.74) is 7.54. The zero-order chi connectivity index (χ0) is 18.5. The summed E-state index contributed by atoms with van der Waals surface area (Å²) in [6, 6.07) is 15.5. The van der Waals surface area contributed by atoms with Gasteiger partial charge in [0.05, 0.1) is 0 Å². The van der Waals surface area contributed by atoms with Gasteiger partial charge >= 0.3 is 0 Å². The lowest BCUT2D eigenvalue weighted by molar-refractivity contribution is -0.130. The summed E-state index contributed by atoms with van der Waals surface area (Å²) in [5, 5.41) is 0. The predicted molar refractivity (Wildman–Crippen MR) is 98.3 cm³/mol. The van der Waals surface area contributed by atoms with Gasteiger partial charge in [-0.15, -0.1) is 0 Å². The first-order valence-corrected chi connectivity index (χ1v) is 8.90. The van der Waals surface area contributed by atoms with Crippen LogP contribution < -0.4 is 5.73 Å². The van der Waals surface area contributed by atoms with Crippen molar-refractivity contribution in [3.8, 4) is 0 Å². The van der Waals surface area contributed by atoms with Gasteiger partial charge in [0.1, 0.15) is 5.82 Å². The number of hydrogen-bond donors (Lipinski definition) is 1. The zero-order valence-corrected chi connectivity index (χ0v) is 14.6. The van der Waals surface area contributed by atoms with Gasteiger partial charge in [0.25, 0.3) is 0 Å². The van der Waals surface area contributed by atoms with E-state index in [1.807, 2.05) is 23.1 Å². The smallest absolute Gasteiger partial charge is 0.223 e. The predicted octanol–water partition coefficient (Wildman–Crippen LogP) is 2.99. The summed E-state index contributed by atoms with van der Waals surface area (Å²) < 4.78 is 12.9. The van der Waals surface area contributed by atoms with E-state index in [-0.39, 0.29) is 42.2 Å². The topological polar surface area (TPSA) is 63.4 Å². The van der Waals surface area contributed by atoms with Gasteiger partial charge in [-0.3, -0.25) is 9.59 Å². The van der Waals surface area contributed by atoms with Gasteiger partial charge in [-0.05, 0) is 42.3 Å². The Morgan fingerprint density at radius 1 is 1.00 bits per heavy atom. The van der Waals surface area contributed by atoms with Gasteiger partial charge in [0, 0.05) is 37.4 Å². The van der Waals surface area contributed by atoms with Crippen LogP contribution >= 0.6 is 0 Å². The fraction of sp³-hybridized carbons (Fsp3) is 0.333.